The van der Waals surface area contributed by atoms with Gasteiger partial charge in [0.15, 0.2) is 5.96 Å². The minimum absolute atomic E-state index is 0.611. The van der Waals surface area contributed by atoms with Crippen molar-refractivity contribution in [3.8, 4) is 0 Å². The third-order valence-electron chi connectivity index (χ3n) is 3.33. The molecule has 0 aliphatic heterocycles. The zero-order valence-electron chi connectivity index (χ0n) is 12.4. The zero-order chi connectivity index (χ0) is 14.1. The Hall–Kier alpha value is -1.49. The van der Waals surface area contributed by atoms with Gasteiger partial charge >= 0.3 is 0 Å². The van der Waals surface area contributed by atoms with Crippen LogP contribution in [-0.4, -0.2) is 44.1 Å². The molecule has 0 saturated heterocycles. The zero-order valence-corrected chi connectivity index (χ0v) is 12.4. The van der Waals surface area contributed by atoms with Crippen molar-refractivity contribution in [2.24, 2.45) is 4.99 Å². The SMILES string of the molecule is CCC(C)N(C)CCNC(=NC)NCc1ccco1. The Kier molecular flexibility index (Phi) is 7.03. The molecule has 0 aliphatic rings. The molecule has 1 unspecified atom stereocenters. The number of guanidine groups is 1. The van der Waals surface area contributed by atoms with E-state index in [9.17, 15) is 0 Å². The molecule has 19 heavy (non-hydrogen) atoms. The van der Waals surface area contributed by atoms with Gasteiger partial charge in [-0.25, -0.2) is 0 Å². The molecule has 0 saturated carbocycles. The van der Waals surface area contributed by atoms with E-state index in [2.05, 4.69) is 41.4 Å². The number of likely N-dealkylation sites (N-methyl/N-ethyl adjacent to an activating group) is 1. The van der Waals surface area contributed by atoms with E-state index in [1.54, 1.807) is 13.3 Å². The van der Waals surface area contributed by atoms with E-state index in [0.717, 1.165) is 24.8 Å². The van der Waals surface area contributed by atoms with Crippen LogP contribution >= 0.6 is 0 Å². The molecule has 0 aliphatic carbocycles. The molecule has 0 amide bonds. The van der Waals surface area contributed by atoms with E-state index in [0.29, 0.717) is 12.6 Å². The van der Waals surface area contributed by atoms with Crippen LogP contribution in [0.4, 0.5) is 0 Å². The number of hydrogen-bond donors (Lipinski definition) is 2. The van der Waals surface area contributed by atoms with Crippen LogP contribution in [0, 0.1) is 0 Å². The lowest BCUT2D eigenvalue weighted by atomic mass is 10.2. The fourth-order valence-corrected chi connectivity index (χ4v) is 1.69. The standard InChI is InChI=1S/C14H26N4O/c1-5-12(2)18(4)9-8-16-14(15-3)17-11-13-7-6-10-19-13/h6-7,10,12H,5,8-9,11H2,1-4H3,(H2,15,16,17). The van der Waals surface area contributed by atoms with Crippen LogP contribution in [0.3, 0.4) is 0 Å². The lowest BCUT2D eigenvalue weighted by Gasteiger charge is -2.23. The van der Waals surface area contributed by atoms with Crippen LogP contribution in [0.25, 0.3) is 0 Å². The van der Waals surface area contributed by atoms with Crippen LogP contribution in [0.2, 0.25) is 0 Å². The number of furan rings is 1. The molecule has 0 bridgehead atoms. The average Bonchev–Trinajstić information content (AvgIpc) is 2.94. The topological polar surface area (TPSA) is 52.8 Å². The van der Waals surface area contributed by atoms with Crippen molar-refractivity contribution < 1.29 is 4.42 Å². The Morgan fingerprint density at radius 3 is 2.84 bits per heavy atom. The Bertz CT molecular complexity index is 362. The minimum atomic E-state index is 0.611. The number of nitrogens with zero attached hydrogens (tertiary/aromatic N) is 2. The molecule has 2 N–H and O–H groups in total. The van der Waals surface area contributed by atoms with Crippen LogP contribution in [0.1, 0.15) is 26.0 Å². The molecule has 108 valence electrons. The molecule has 1 aromatic heterocycles. The van der Waals surface area contributed by atoms with Crippen molar-refractivity contribution in [3.05, 3.63) is 24.2 Å². The van der Waals surface area contributed by atoms with Crippen molar-refractivity contribution in [3.63, 3.8) is 0 Å². The number of aliphatic imine (C=N–C) groups is 1. The summed E-state index contributed by atoms with van der Waals surface area (Å²) in [5, 5.41) is 6.51. The van der Waals surface area contributed by atoms with Crippen LogP contribution in [-0.2, 0) is 6.54 Å². The number of nitrogens with one attached hydrogen (secondary N) is 2. The maximum absolute atomic E-state index is 5.26. The summed E-state index contributed by atoms with van der Waals surface area (Å²) < 4.78 is 5.26. The normalized spacial score (nSPS) is 13.6. The second kappa shape index (κ2) is 8.58. The highest BCUT2D eigenvalue weighted by Gasteiger charge is 2.06. The van der Waals surface area contributed by atoms with Gasteiger partial charge in [-0.2, -0.15) is 0 Å². The Morgan fingerprint density at radius 1 is 1.47 bits per heavy atom. The first-order valence-corrected chi connectivity index (χ1v) is 6.84. The summed E-state index contributed by atoms with van der Waals surface area (Å²) >= 11 is 0. The average molecular weight is 266 g/mol. The fourth-order valence-electron chi connectivity index (χ4n) is 1.69. The third kappa shape index (κ3) is 5.79. The summed E-state index contributed by atoms with van der Waals surface area (Å²) in [4.78, 5) is 6.52. The fraction of sp³-hybridized carbons (Fsp3) is 0.643. The van der Waals surface area contributed by atoms with Gasteiger partial charge in [-0.15, -0.1) is 0 Å². The quantitative estimate of drug-likeness (QED) is 0.582. The van der Waals surface area contributed by atoms with E-state index >= 15 is 0 Å². The van der Waals surface area contributed by atoms with Crippen molar-refractivity contribution in [2.75, 3.05) is 27.2 Å². The Morgan fingerprint density at radius 2 is 2.26 bits per heavy atom. The molecule has 0 aromatic carbocycles. The highest BCUT2D eigenvalue weighted by Crippen LogP contribution is 1.99. The second-order valence-electron chi connectivity index (χ2n) is 4.67. The van der Waals surface area contributed by atoms with E-state index in [4.69, 9.17) is 4.42 Å². The summed E-state index contributed by atoms with van der Waals surface area (Å²) in [5.74, 6) is 1.70. The summed E-state index contributed by atoms with van der Waals surface area (Å²) in [5.41, 5.74) is 0. The molecule has 0 radical (unpaired) electrons. The molecule has 0 spiro atoms. The molecule has 0 fully saturated rings. The first kappa shape index (κ1) is 15.6. The van der Waals surface area contributed by atoms with Gasteiger partial charge in [-0.3, -0.25) is 4.99 Å². The summed E-state index contributed by atoms with van der Waals surface area (Å²) in [7, 11) is 3.92. The molecule has 1 heterocycles. The van der Waals surface area contributed by atoms with Gasteiger partial charge in [0, 0.05) is 26.2 Å². The van der Waals surface area contributed by atoms with Gasteiger partial charge in [0.2, 0.25) is 0 Å². The van der Waals surface area contributed by atoms with Crippen molar-refractivity contribution in [2.45, 2.75) is 32.9 Å². The van der Waals surface area contributed by atoms with E-state index in [1.165, 1.54) is 6.42 Å². The second-order valence-corrected chi connectivity index (χ2v) is 4.67. The summed E-state index contributed by atoms with van der Waals surface area (Å²) in [6.45, 7) is 6.96. The molecule has 5 nitrogen and oxygen atoms in total. The van der Waals surface area contributed by atoms with E-state index < -0.39 is 0 Å². The lowest BCUT2D eigenvalue weighted by Crippen LogP contribution is -2.42. The summed E-state index contributed by atoms with van der Waals surface area (Å²) in [6, 6.07) is 4.44. The summed E-state index contributed by atoms with van der Waals surface area (Å²) in [6.07, 6.45) is 2.84. The predicted octanol–water partition coefficient (Wildman–Crippen LogP) is 1.67. The van der Waals surface area contributed by atoms with Gasteiger partial charge in [-0.05, 0) is 32.5 Å². The largest absolute Gasteiger partial charge is 0.467 e. The minimum Gasteiger partial charge on any atom is -0.467 e. The van der Waals surface area contributed by atoms with E-state index in [-0.39, 0.29) is 0 Å². The van der Waals surface area contributed by atoms with Crippen LogP contribution in [0.15, 0.2) is 27.8 Å². The van der Waals surface area contributed by atoms with Crippen molar-refractivity contribution >= 4 is 5.96 Å². The predicted molar refractivity (Wildman–Crippen MR) is 79.3 cm³/mol. The maximum Gasteiger partial charge on any atom is 0.191 e. The van der Waals surface area contributed by atoms with Gasteiger partial charge in [0.1, 0.15) is 5.76 Å². The van der Waals surface area contributed by atoms with Crippen molar-refractivity contribution in [1.29, 1.82) is 0 Å². The maximum atomic E-state index is 5.26. The first-order chi connectivity index (χ1) is 9.17. The highest BCUT2D eigenvalue weighted by molar-refractivity contribution is 5.79. The monoisotopic (exact) mass is 266 g/mol. The van der Waals surface area contributed by atoms with Gasteiger partial charge in [0.05, 0.1) is 12.8 Å². The lowest BCUT2D eigenvalue weighted by molar-refractivity contribution is 0.255. The molecule has 1 rings (SSSR count). The third-order valence-corrected chi connectivity index (χ3v) is 3.33. The van der Waals surface area contributed by atoms with Gasteiger partial charge in [-0.1, -0.05) is 6.92 Å². The van der Waals surface area contributed by atoms with Crippen molar-refractivity contribution in [1.82, 2.24) is 15.5 Å². The smallest absolute Gasteiger partial charge is 0.191 e. The molecular weight excluding hydrogens is 240 g/mol. The first-order valence-electron chi connectivity index (χ1n) is 6.84. The molecular formula is C14H26N4O. The number of rotatable bonds is 7. The van der Waals surface area contributed by atoms with E-state index in [1.807, 2.05) is 12.1 Å². The van der Waals surface area contributed by atoms with Crippen LogP contribution < -0.4 is 10.6 Å². The van der Waals surface area contributed by atoms with Gasteiger partial charge < -0.3 is 20.0 Å². The highest BCUT2D eigenvalue weighted by atomic mass is 16.3. The van der Waals surface area contributed by atoms with Gasteiger partial charge in [0.25, 0.3) is 0 Å². The Labute approximate surface area is 116 Å². The van der Waals surface area contributed by atoms with Crippen LogP contribution in [0.5, 0.6) is 0 Å². The molecule has 5 heteroatoms. The number of hydrogen-bond acceptors (Lipinski definition) is 3. The molecule has 1 aromatic rings. The molecule has 1 atom stereocenters. The Balaban J connectivity index is 2.22.